The van der Waals surface area contributed by atoms with Crippen molar-refractivity contribution >= 4 is 5.91 Å². The first-order valence-corrected chi connectivity index (χ1v) is 8.26. The minimum absolute atomic E-state index is 0.00928. The highest BCUT2D eigenvalue weighted by Crippen LogP contribution is 2.39. The zero-order chi connectivity index (χ0) is 15.3. The van der Waals surface area contributed by atoms with Crippen molar-refractivity contribution in [1.82, 2.24) is 15.5 Å². The van der Waals surface area contributed by atoms with E-state index in [9.17, 15) is 10.1 Å². The molecule has 2 unspecified atom stereocenters. The molecule has 21 heavy (non-hydrogen) atoms. The molecule has 5 nitrogen and oxygen atoms in total. The lowest BCUT2D eigenvalue weighted by atomic mass is 9.98. The fourth-order valence-electron chi connectivity index (χ4n) is 3.22. The number of nitriles is 1. The van der Waals surface area contributed by atoms with Crippen molar-refractivity contribution in [3.05, 3.63) is 0 Å². The zero-order valence-corrected chi connectivity index (χ0v) is 13.3. The van der Waals surface area contributed by atoms with Crippen molar-refractivity contribution in [2.75, 3.05) is 26.2 Å². The summed E-state index contributed by atoms with van der Waals surface area (Å²) >= 11 is 0. The van der Waals surface area contributed by atoms with Gasteiger partial charge in [0, 0.05) is 12.6 Å². The van der Waals surface area contributed by atoms with E-state index in [1.165, 1.54) is 6.42 Å². The number of nitrogens with one attached hydrogen (secondary N) is 2. The van der Waals surface area contributed by atoms with E-state index in [1.807, 2.05) is 6.92 Å². The molecule has 0 radical (unpaired) electrons. The molecule has 1 amide bonds. The molecule has 1 saturated carbocycles. The maximum atomic E-state index is 12.4. The van der Waals surface area contributed by atoms with E-state index in [2.05, 4.69) is 28.5 Å². The van der Waals surface area contributed by atoms with E-state index in [0.717, 1.165) is 45.3 Å². The summed E-state index contributed by atoms with van der Waals surface area (Å²) in [7, 11) is 0. The normalized spacial score (nSPS) is 25.1. The first-order valence-electron chi connectivity index (χ1n) is 8.26. The molecule has 1 saturated heterocycles. The van der Waals surface area contributed by atoms with Gasteiger partial charge >= 0.3 is 0 Å². The highest BCUT2D eigenvalue weighted by atomic mass is 16.2. The molecule has 0 aromatic carbocycles. The van der Waals surface area contributed by atoms with Crippen molar-refractivity contribution in [2.45, 2.75) is 57.5 Å². The Morgan fingerprint density at radius 2 is 2.24 bits per heavy atom. The minimum Gasteiger partial charge on any atom is -0.337 e. The van der Waals surface area contributed by atoms with Crippen LogP contribution >= 0.6 is 0 Å². The smallest absolute Gasteiger partial charge is 0.235 e. The molecule has 0 aromatic heterocycles. The summed E-state index contributed by atoms with van der Waals surface area (Å²) in [4.78, 5) is 14.6. The van der Waals surface area contributed by atoms with Crippen molar-refractivity contribution in [2.24, 2.45) is 5.92 Å². The van der Waals surface area contributed by atoms with E-state index < -0.39 is 5.54 Å². The van der Waals surface area contributed by atoms with Crippen molar-refractivity contribution < 1.29 is 4.79 Å². The molecule has 2 N–H and O–H groups in total. The first kappa shape index (κ1) is 16.3. The number of nitrogens with zero attached hydrogens (tertiary/aromatic N) is 2. The number of piperidine rings is 1. The van der Waals surface area contributed by atoms with Gasteiger partial charge in [-0.3, -0.25) is 9.69 Å². The standard InChI is InChI=1S/C16H28N4O/c1-3-9-20(14-5-4-8-18-10-14)11-15(21)19-16(2,12-17)13-6-7-13/h13-14,18H,3-11H2,1-2H3,(H,19,21). The molecule has 118 valence electrons. The summed E-state index contributed by atoms with van der Waals surface area (Å²) in [5.41, 5.74) is -0.681. The van der Waals surface area contributed by atoms with E-state index in [1.54, 1.807) is 0 Å². The second kappa shape index (κ2) is 7.24. The summed E-state index contributed by atoms with van der Waals surface area (Å²) < 4.78 is 0. The summed E-state index contributed by atoms with van der Waals surface area (Å²) in [5, 5.41) is 15.7. The van der Waals surface area contributed by atoms with Crippen molar-refractivity contribution in [3.63, 3.8) is 0 Å². The third kappa shape index (κ3) is 4.42. The van der Waals surface area contributed by atoms with Crippen LogP contribution in [0.15, 0.2) is 0 Å². The number of rotatable bonds is 7. The first-order chi connectivity index (χ1) is 10.1. The van der Waals surface area contributed by atoms with Gasteiger partial charge in [-0.25, -0.2) is 0 Å². The van der Waals surface area contributed by atoms with Crippen LogP contribution in [-0.2, 0) is 4.79 Å². The molecule has 2 atom stereocenters. The van der Waals surface area contributed by atoms with Gasteiger partial charge in [0.2, 0.25) is 5.91 Å². The topological polar surface area (TPSA) is 68.2 Å². The Balaban J connectivity index is 1.89. The Labute approximate surface area is 128 Å². The van der Waals surface area contributed by atoms with Crippen LogP contribution in [0.2, 0.25) is 0 Å². The van der Waals surface area contributed by atoms with E-state index >= 15 is 0 Å². The van der Waals surface area contributed by atoms with Crippen LogP contribution in [0.1, 0.15) is 46.0 Å². The van der Waals surface area contributed by atoms with Gasteiger partial charge in [0.05, 0.1) is 12.6 Å². The average molecular weight is 292 g/mol. The molecule has 0 bridgehead atoms. The highest BCUT2D eigenvalue weighted by Gasteiger charge is 2.43. The molecule has 0 aromatic rings. The zero-order valence-electron chi connectivity index (χ0n) is 13.3. The molecule has 2 aliphatic rings. The van der Waals surface area contributed by atoms with E-state index in [4.69, 9.17) is 0 Å². The molecule has 2 fully saturated rings. The SMILES string of the molecule is CCCN(CC(=O)NC(C)(C#N)C1CC1)C1CCCNC1. The Bertz CT molecular complexity index is 396. The Morgan fingerprint density at radius 3 is 2.76 bits per heavy atom. The number of carbonyl (C=O) groups is 1. The van der Waals surface area contributed by atoms with E-state index in [0.29, 0.717) is 18.5 Å². The van der Waals surface area contributed by atoms with Gasteiger partial charge in [-0.2, -0.15) is 5.26 Å². The maximum Gasteiger partial charge on any atom is 0.235 e. The van der Waals surface area contributed by atoms with Gasteiger partial charge in [0.25, 0.3) is 0 Å². The molecule has 2 rings (SSSR count). The molecular formula is C16H28N4O. The molecular weight excluding hydrogens is 264 g/mol. The lowest BCUT2D eigenvalue weighted by Crippen LogP contribution is -2.54. The summed E-state index contributed by atoms with van der Waals surface area (Å²) in [6.45, 7) is 7.39. The summed E-state index contributed by atoms with van der Waals surface area (Å²) in [6.07, 6.45) is 5.47. The lowest BCUT2D eigenvalue weighted by molar-refractivity contribution is -0.124. The van der Waals surface area contributed by atoms with Gasteiger partial charge in [-0.05, 0) is 58.0 Å². The summed E-state index contributed by atoms with van der Waals surface area (Å²) in [5.74, 6) is 0.326. The number of hydrogen-bond acceptors (Lipinski definition) is 4. The molecule has 0 spiro atoms. The van der Waals surface area contributed by atoms with Crippen LogP contribution in [0.3, 0.4) is 0 Å². The van der Waals surface area contributed by atoms with Crippen LogP contribution in [0, 0.1) is 17.2 Å². The molecule has 5 heteroatoms. The highest BCUT2D eigenvalue weighted by molar-refractivity contribution is 5.79. The predicted molar refractivity (Wildman–Crippen MR) is 82.6 cm³/mol. The van der Waals surface area contributed by atoms with Crippen LogP contribution < -0.4 is 10.6 Å². The quantitative estimate of drug-likeness (QED) is 0.741. The molecule has 1 heterocycles. The second-order valence-electron chi connectivity index (χ2n) is 6.61. The van der Waals surface area contributed by atoms with Crippen molar-refractivity contribution in [3.8, 4) is 6.07 Å². The maximum absolute atomic E-state index is 12.4. The minimum atomic E-state index is -0.681. The van der Waals surface area contributed by atoms with Gasteiger partial charge in [0.15, 0.2) is 0 Å². The Morgan fingerprint density at radius 1 is 1.48 bits per heavy atom. The summed E-state index contributed by atoms with van der Waals surface area (Å²) in [6, 6.07) is 2.74. The Kier molecular flexibility index (Phi) is 5.60. The number of carbonyl (C=O) groups excluding carboxylic acids is 1. The fraction of sp³-hybridized carbons (Fsp3) is 0.875. The van der Waals surface area contributed by atoms with Gasteiger partial charge in [-0.15, -0.1) is 0 Å². The van der Waals surface area contributed by atoms with Gasteiger partial charge < -0.3 is 10.6 Å². The largest absolute Gasteiger partial charge is 0.337 e. The van der Waals surface area contributed by atoms with Crippen LogP contribution in [0.5, 0.6) is 0 Å². The third-order valence-corrected chi connectivity index (χ3v) is 4.67. The van der Waals surface area contributed by atoms with Crippen LogP contribution in [0.25, 0.3) is 0 Å². The van der Waals surface area contributed by atoms with Crippen LogP contribution in [0.4, 0.5) is 0 Å². The molecule has 1 aliphatic heterocycles. The van der Waals surface area contributed by atoms with E-state index in [-0.39, 0.29) is 5.91 Å². The number of amides is 1. The molecule has 1 aliphatic carbocycles. The Hall–Kier alpha value is -1.12. The van der Waals surface area contributed by atoms with Crippen LogP contribution in [-0.4, -0.2) is 48.6 Å². The second-order valence-corrected chi connectivity index (χ2v) is 6.61. The monoisotopic (exact) mass is 292 g/mol. The van der Waals surface area contributed by atoms with Gasteiger partial charge in [0.1, 0.15) is 5.54 Å². The average Bonchev–Trinajstić information content (AvgIpc) is 3.32. The van der Waals surface area contributed by atoms with Gasteiger partial charge in [-0.1, -0.05) is 6.92 Å². The fourth-order valence-corrected chi connectivity index (χ4v) is 3.22. The number of hydrogen-bond donors (Lipinski definition) is 2. The third-order valence-electron chi connectivity index (χ3n) is 4.67. The predicted octanol–water partition coefficient (Wildman–Crippen LogP) is 1.26. The lowest BCUT2D eigenvalue weighted by Gasteiger charge is -2.35. The van der Waals surface area contributed by atoms with Crippen molar-refractivity contribution in [1.29, 1.82) is 5.26 Å².